The fraction of sp³-hybridized carbons (Fsp3) is 0.235. The second-order valence-electron chi connectivity index (χ2n) is 5.42. The van der Waals surface area contributed by atoms with Crippen LogP contribution in [0.5, 0.6) is 5.75 Å². The molecule has 134 valence electrons. The molecule has 0 aliphatic carbocycles. The van der Waals surface area contributed by atoms with Crippen LogP contribution in [0, 0.1) is 5.82 Å². The minimum absolute atomic E-state index is 0.178. The number of sulfonamides is 1. The van der Waals surface area contributed by atoms with Crippen LogP contribution in [0.2, 0.25) is 0 Å². The van der Waals surface area contributed by atoms with Gasteiger partial charge in [-0.25, -0.2) is 12.8 Å². The van der Waals surface area contributed by atoms with Gasteiger partial charge in [-0.15, -0.1) is 0 Å². The minimum atomic E-state index is -3.33. The predicted octanol–water partition coefficient (Wildman–Crippen LogP) is 1.92. The number of carbonyl (C=O) groups excluding carboxylic acids is 1. The molecule has 0 aliphatic heterocycles. The molecule has 0 aromatic heterocycles. The van der Waals surface area contributed by atoms with E-state index in [9.17, 15) is 17.6 Å². The molecule has 2 rings (SSSR count). The average Bonchev–Trinajstić information content (AvgIpc) is 2.58. The Kier molecular flexibility index (Phi) is 5.97. The molecule has 0 spiro atoms. The monoisotopic (exact) mass is 366 g/mol. The van der Waals surface area contributed by atoms with Gasteiger partial charge in [-0.3, -0.25) is 9.10 Å². The maximum atomic E-state index is 12.8. The van der Waals surface area contributed by atoms with Crippen molar-refractivity contribution in [1.82, 2.24) is 5.32 Å². The van der Waals surface area contributed by atoms with Crippen LogP contribution in [0.25, 0.3) is 0 Å². The molecule has 0 unspecified atom stereocenters. The first-order valence-electron chi connectivity index (χ1n) is 7.43. The topological polar surface area (TPSA) is 75.7 Å². The summed E-state index contributed by atoms with van der Waals surface area (Å²) >= 11 is 0. The average molecular weight is 366 g/mol. The van der Waals surface area contributed by atoms with E-state index in [4.69, 9.17) is 4.74 Å². The maximum absolute atomic E-state index is 12.8. The zero-order valence-corrected chi connectivity index (χ0v) is 14.7. The Morgan fingerprint density at radius 2 is 1.72 bits per heavy atom. The SMILES string of the molecule is CN(c1ccc(OCC(=O)NCc2ccc(F)cc2)cc1)S(C)(=O)=O. The van der Waals surface area contributed by atoms with E-state index in [1.54, 1.807) is 36.4 Å². The summed E-state index contributed by atoms with van der Waals surface area (Å²) in [5.74, 6) is -0.201. The summed E-state index contributed by atoms with van der Waals surface area (Å²) in [5.41, 5.74) is 1.28. The van der Waals surface area contributed by atoms with Gasteiger partial charge in [0.05, 0.1) is 11.9 Å². The minimum Gasteiger partial charge on any atom is -0.484 e. The van der Waals surface area contributed by atoms with Gasteiger partial charge in [0.15, 0.2) is 6.61 Å². The van der Waals surface area contributed by atoms with E-state index in [1.165, 1.54) is 19.2 Å². The number of nitrogens with one attached hydrogen (secondary N) is 1. The molecule has 25 heavy (non-hydrogen) atoms. The summed E-state index contributed by atoms with van der Waals surface area (Å²) in [7, 11) is -1.87. The van der Waals surface area contributed by atoms with Gasteiger partial charge in [0, 0.05) is 13.6 Å². The van der Waals surface area contributed by atoms with Crippen LogP contribution in [0.15, 0.2) is 48.5 Å². The molecule has 0 radical (unpaired) electrons. The van der Waals surface area contributed by atoms with Gasteiger partial charge in [-0.05, 0) is 42.0 Å². The summed E-state index contributed by atoms with van der Waals surface area (Å²) < 4.78 is 42.2. The number of nitrogens with zero attached hydrogens (tertiary/aromatic N) is 1. The lowest BCUT2D eigenvalue weighted by atomic mass is 10.2. The highest BCUT2D eigenvalue weighted by molar-refractivity contribution is 7.92. The molecular formula is C17H19FN2O4S. The summed E-state index contributed by atoms with van der Waals surface area (Å²) in [5, 5.41) is 2.66. The predicted molar refractivity (Wildman–Crippen MR) is 93.4 cm³/mol. The number of rotatable bonds is 7. The van der Waals surface area contributed by atoms with Crippen molar-refractivity contribution in [3.63, 3.8) is 0 Å². The standard InChI is InChI=1S/C17H19FN2O4S/c1-20(25(2,22)23)15-7-9-16(10-8-15)24-12-17(21)19-11-13-3-5-14(18)6-4-13/h3-10H,11-12H2,1-2H3,(H,19,21). The maximum Gasteiger partial charge on any atom is 0.258 e. The molecule has 6 nitrogen and oxygen atoms in total. The second-order valence-corrected chi connectivity index (χ2v) is 7.43. The third-order valence-corrected chi connectivity index (χ3v) is 4.68. The zero-order chi connectivity index (χ0) is 18.4. The van der Waals surface area contributed by atoms with E-state index in [0.29, 0.717) is 11.4 Å². The first kappa shape index (κ1) is 18.7. The molecule has 2 aromatic rings. The van der Waals surface area contributed by atoms with E-state index < -0.39 is 10.0 Å². The second kappa shape index (κ2) is 7.98. The van der Waals surface area contributed by atoms with Gasteiger partial charge in [-0.2, -0.15) is 0 Å². The fourth-order valence-electron chi connectivity index (χ4n) is 1.95. The largest absolute Gasteiger partial charge is 0.484 e. The normalized spacial score (nSPS) is 11.0. The molecule has 0 saturated carbocycles. The lowest BCUT2D eigenvalue weighted by Crippen LogP contribution is -2.28. The van der Waals surface area contributed by atoms with Crippen LogP contribution in [0.3, 0.4) is 0 Å². The van der Waals surface area contributed by atoms with Crippen molar-refractivity contribution >= 4 is 21.6 Å². The van der Waals surface area contributed by atoms with Crippen molar-refractivity contribution in [3.05, 3.63) is 59.9 Å². The van der Waals surface area contributed by atoms with Crippen molar-refractivity contribution < 1.29 is 22.3 Å². The molecule has 0 aliphatic rings. The highest BCUT2D eigenvalue weighted by Crippen LogP contribution is 2.20. The van der Waals surface area contributed by atoms with Crippen LogP contribution in [-0.4, -0.2) is 34.2 Å². The first-order valence-corrected chi connectivity index (χ1v) is 9.28. The fourth-order valence-corrected chi connectivity index (χ4v) is 2.45. The molecule has 0 fully saturated rings. The summed E-state index contributed by atoms with van der Waals surface area (Å²) in [6.07, 6.45) is 1.11. The van der Waals surface area contributed by atoms with Gasteiger partial charge in [0.2, 0.25) is 10.0 Å². The molecular weight excluding hydrogens is 347 g/mol. The number of anilines is 1. The number of amides is 1. The van der Waals surface area contributed by atoms with E-state index in [-0.39, 0.29) is 24.9 Å². The molecule has 8 heteroatoms. The van der Waals surface area contributed by atoms with Gasteiger partial charge in [-0.1, -0.05) is 12.1 Å². The van der Waals surface area contributed by atoms with E-state index in [2.05, 4.69) is 5.32 Å². The van der Waals surface area contributed by atoms with Crippen molar-refractivity contribution in [2.24, 2.45) is 0 Å². The lowest BCUT2D eigenvalue weighted by molar-refractivity contribution is -0.123. The van der Waals surface area contributed by atoms with Crippen LogP contribution in [0.1, 0.15) is 5.56 Å². The molecule has 1 amide bonds. The number of carbonyl (C=O) groups is 1. The lowest BCUT2D eigenvalue weighted by Gasteiger charge is -2.16. The van der Waals surface area contributed by atoms with Crippen molar-refractivity contribution in [2.45, 2.75) is 6.54 Å². The Hall–Kier alpha value is -2.61. The molecule has 2 aromatic carbocycles. The number of benzene rings is 2. The Bertz CT molecular complexity index is 821. The molecule has 0 bridgehead atoms. The molecule has 1 N–H and O–H groups in total. The highest BCUT2D eigenvalue weighted by Gasteiger charge is 2.11. The number of hydrogen-bond acceptors (Lipinski definition) is 4. The summed E-state index contributed by atoms with van der Waals surface area (Å²) in [6, 6.07) is 12.2. The number of halogens is 1. The van der Waals surface area contributed by atoms with Crippen LogP contribution in [0.4, 0.5) is 10.1 Å². The van der Waals surface area contributed by atoms with E-state index in [1.807, 2.05) is 0 Å². The first-order chi connectivity index (χ1) is 11.8. The van der Waals surface area contributed by atoms with Crippen LogP contribution >= 0.6 is 0 Å². The van der Waals surface area contributed by atoms with E-state index in [0.717, 1.165) is 16.1 Å². The van der Waals surface area contributed by atoms with Crippen molar-refractivity contribution in [3.8, 4) is 5.75 Å². The van der Waals surface area contributed by atoms with Crippen LogP contribution < -0.4 is 14.4 Å². The third kappa shape index (κ3) is 5.75. The van der Waals surface area contributed by atoms with Crippen molar-refractivity contribution in [2.75, 3.05) is 24.2 Å². The van der Waals surface area contributed by atoms with Gasteiger partial charge in [0.25, 0.3) is 5.91 Å². The number of ether oxygens (including phenoxy) is 1. The number of hydrogen-bond donors (Lipinski definition) is 1. The van der Waals surface area contributed by atoms with Crippen molar-refractivity contribution in [1.29, 1.82) is 0 Å². The highest BCUT2D eigenvalue weighted by atomic mass is 32.2. The Labute approximate surface area is 146 Å². The molecule has 0 atom stereocenters. The van der Waals surface area contributed by atoms with Gasteiger partial charge in [0.1, 0.15) is 11.6 Å². The Balaban J connectivity index is 1.82. The van der Waals surface area contributed by atoms with Crippen LogP contribution in [-0.2, 0) is 21.4 Å². The van der Waals surface area contributed by atoms with Gasteiger partial charge >= 0.3 is 0 Å². The summed E-state index contributed by atoms with van der Waals surface area (Å²) in [4.78, 5) is 11.8. The summed E-state index contributed by atoms with van der Waals surface area (Å²) in [6.45, 7) is 0.100. The quantitative estimate of drug-likeness (QED) is 0.812. The molecule has 0 heterocycles. The zero-order valence-electron chi connectivity index (χ0n) is 13.9. The Morgan fingerprint density at radius 3 is 2.28 bits per heavy atom. The molecule has 0 saturated heterocycles. The van der Waals surface area contributed by atoms with E-state index >= 15 is 0 Å². The third-order valence-electron chi connectivity index (χ3n) is 3.47. The van der Waals surface area contributed by atoms with Gasteiger partial charge < -0.3 is 10.1 Å². The smallest absolute Gasteiger partial charge is 0.258 e. The Morgan fingerprint density at radius 1 is 1.12 bits per heavy atom.